The molecule has 2 aromatic heterocycles. The second-order valence-corrected chi connectivity index (χ2v) is 5.90. The zero-order chi connectivity index (χ0) is 11.5. The van der Waals surface area contributed by atoms with Crippen LogP contribution in [0.25, 0.3) is 0 Å². The van der Waals surface area contributed by atoms with Gasteiger partial charge in [-0.05, 0) is 6.92 Å². The first-order valence-electron chi connectivity index (χ1n) is 5.14. The number of aryl methyl sites for hydroxylation is 1. The van der Waals surface area contributed by atoms with Crippen LogP contribution in [-0.4, -0.2) is 14.3 Å². The third-order valence-corrected chi connectivity index (χ3v) is 3.62. The van der Waals surface area contributed by atoms with Crippen molar-refractivity contribution < 1.29 is 0 Å². The molecule has 2 heterocycles. The van der Waals surface area contributed by atoms with Gasteiger partial charge in [-0.15, -0.1) is 11.3 Å². The summed E-state index contributed by atoms with van der Waals surface area (Å²) in [5, 5.41) is 5.20. The summed E-state index contributed by atoms with van der Waals surface area (Å²) in [5.74, 6) is 1.29. The molecule has 0 atom stereocenters. The van der Waals surface area contributed by atoms with E-state index in [1.54, 1.807) is 11.3 Å². The standard InChI is InChI=1S/C10H14N4S2/c1-6(2)9-13-10(16-14-9)12-5-8-11-4-7(3)15-8/h4,6H,5H2,1-3H3,(H,12,13,14). The second-order valence-electron chi connectivity index (χ2n) is 3.83. The molecular formula is C10H14N4S2. The van der Waals surface area contributed by atoms with E-state index in [4.69, 9.17) is 0 Å². The molecule has 0 radical (unpaired) electrons. The lowest BCUT2D eigenvalue weighted by molar-refractivity contribution is 0.799. The molecule has 2 aromatic rings. The Morgan fingerprint density at radius 2 is 2.25 bits per heavy atom. The van der Waals surface area contributed by atoms with Crippen molar-refractivity contribution in [1.29, 1.82) is 0 Å². The Balaban J connectivity index is 1.94. The van der Waals surface area contributed by atoms with Crippen LogP contribution in [0.5, 0.6) is 0 Å². The Kier molecular flexibility index (Phi) is 3.50. The topological polar surface area (TPSA) is 50.7 Å². The summed E-state index contributed by atoms with van der Waals surface area (Å²) < 4.78 is 4.28. The van der Waals surface area contributed by atoms with Gasteiger partial charge in [-0.25, -0.2) is 9.97 Å². The molecule has 0 saturated carbocycles. The van der Waals surface area contributed by atoms with Gasteiger partial charge in [-0.2, -0.15) is 4.37 Å². The highest BCUT2D eigenvalue weighted by atomic mass is 32.1. The van der Waals surface area contributed by atoms with Crippen LogP contribution < -0.4 is 5.32 Å². The van der Waals surface area contributed by atoms with Crippen molar-refractivity contribution in [2.24, 2.45) is 0 Å². The van der Waals surface area contributed by atoms with Crippen molar-refractivity contribution in [3.8, 4) is 0 Å². The summed E-state index contributed by atoms with van der Waals surface area (Å²) in [6, 6.07) is 0. The summed E-state index contributed by atoms with van der Waals surface area (Å²) in [4.78, 5) is 9.92. The van der Waals surface area contributed by atoms with Gasteiger partial charge in [0.25, 0.3) is 0 Å². The van der Waals surface area contributed by atoms with E-state index in [9.17, 15) is 0 Å². The first-order valence-corrected chi connectivity index (χ1v) is 6.73. The Labute approximate surface area is 103 Å². The average molecular weight is 254 g/mol. The molecule has 0 fully saturated rings. The Hall–Kier alpha value is -1.01. The van der Waals surface area contributed by atoms with Crippen LogP contribution >= 0.6 is 22.9 Å². The van der Waals surface area contributed by atoms with E-state index in [1.807, 2.05) is 6.20 Å². The lowest BCUT2D eigenvalue weighted by Crippen LogP contribution is -1.98. The number of hydrogen-bond acceptors (Lipinski definition) is 6. The monoisotopic (exact) mass is 254 g/mol. The maximum absolute atomic E-state index is 4.40. The summed E-state index contributed by atoms with van der Waals surface area (Å²) in [6.07, 6.45) is 1.89. The highest BCUT2D eigenvalue weighted by molar-refractivity contribution is 7.11. The number of hydrogen-bond donors (Lipinski definition) is 1. The average Bonchev–Trinajstić information content (AvgIpc) is 2.83. The smallest absolute Gasteiger partial charge is 0.202 e. The minimum absolute atomic E-state index is 0.383. The Bertz CT molecular complexity index is 461. The summed E-state index contributed by atoms with van der Waals surface area (Å²) in [6.45, 7) is 6.97. The highest BCUT2D eigenvalue weighted by Gasteiger charge is 2.07. The second kappa shape index (κ2) is 4.88. The third kappa shape index (κ3) is 2.76. The van der Waals surface area contributed by atoms with Gasteiger partial charge in [-0.3, -0.25) is 0 Å². The van der Waals surface area contributed by atoms with E-state index < -0.39 is 0 Å². The van der Waals surface area contributed by atoms with Crippen molar-refractivity contribution in [2.75, 3.05) is 5.32 Å². The maximum atomic E-state index is 4.40. The van der Waals surface area contributed by atoms with Crippen LogP contribution in [0.3, 0.4) is 0 Å². The number of aromatic nitrogens is 3. The normalized spacial score (nSPS) is 11.0. The molecule has 0 unspecified atom stereocenters. The molecule has 0 aliphatic carbocycles. The van der Waals surface area contributed by atoms with Crippen molar-refractivity contribution in [3.63, 3.8) is 0 Å². The zero-order valence-electron chi connectivity index (χ0n) is 9.52. The van der Waals surface area contributed by atoms with E-state index in [1.165, 1.54) is 16.4 Å². The Morgan fingerprint density at radius 1 is 1.44 bits per heavy atom. The molecule has 4 nitrogen and oxygen atoms in total. The van der Waals surface area contributed by atoms with E-state index in [0.717, 1.165) is 22.5 Å². The van der Waals surface area contributed by atoms with Crippen molar-refractivity contribution >= 4 is 28.0 Å². The first kappa shape index (κ1) is 11.5. The van der Waals surface area contributed by atoms with Gasteiger partial charge in [0.2, 0.25) is 5.13 Å². The van der Waals surface area contributed by atoms with Gasteiger partial charge in [0.1, 0.15) is 10.8 Å². The molecular weight excluding hydrogens is 240 g/mol. The summed E-state index contributed by atoms with van der Waals surface area (Å²) in [7, 11) is 0. The molecule has 0 aliphatic heterocycles. The molecule has 0 bridgehead atoms. The van der Waals surface area contributed by atoms with E-state index in [2.05, 4.69) is 40.4 Å². The molecule has 0 aromatic carbocycles. The molecule has 16 heavy (non-hydrogen) atoms. The van der Waals surface area contributed by atoms with Crippen molar-refractivity contribution in [1.82, 2.24) is 14.3 Å². The maximum Gasteiger partial charge on any atom is 0.202 e. The lowest BCUT2D eigenvalue weighted by Gasteiger charge is -1.98. The SMILES string of the molecule is Cc1cnc(CNc2nc(C(C)C)ns2)s1. The van der Waals surface area contributed by atoms with Gasteiger partial charge in [0, 0.05) is 28.5 Å². The number of anilines is 1. The van der Waals surface area contributed by atoms with Crippen LogP contribution in [0.1, 0.15) is 35.5 Å². The molecule has 0 amide bonds. The molecule has 6 heteroatoms. The largest absolute Gasteiger partial charge is 0.354 e. The van der Waals surface area contributed by atoms with E-state index >= 15 is 0 Å². The third-order valence-electron chi connectivity index (χ3n) is 2.02. The molecule has 86 valence electrons. The Morgan fingerprint density at radius 3 is 2.81 bits per heavy atom. The number of nitrogens with one attached hydrogen (secondary N) is 1. The predicted octanol–water partition coefficient (Wildman–Crippen LogP) is 3.04. The van der Waals surface area contributed by atoms with Crippen LogP contribution in [0.4, 0.5) is 5.13 Å². The molecule has 0 saturated heterocycles. The minimum Gasteiger partial charge on any atom is -0.354 e. The minimum atomic E-state index is 0.383. The fraction of sp³-hybridized carbons (Fsp3) is 0.500. The number of thiazole rings is 1. The van der Waals surface area contributed by atoms with Gasteiger partial charge in [-0.1, -0.05) is 13.8 Å². The van der Waals surface area contributed by atoms with Crippen molar-refractivity contribution in [2.45, 2.75) is 33.2 Å². The van der Waals surface area contributed by atoms with E-state index in [-0.39, 0.29) is 0 Å². The van der Waals surface area contributed by atoms with E-state index in [0.29, 0.717) is 5.92 Å². The summed E-state index contributed by atoms with van der Waals surface area (Å²) in [5.41, 5.74) is 0. The predicted molar refractivity (Wildman–Crippen MR) is 68.2 cm³/mol. The fourth-order valence-corrected chi connectivity index (χ4v) is 2.61. The highest BCUT2D eigenvalue weighted by Crippen LogP contribution is 2.19. The van der Waals surface area contributed by atoms with Crippen LogP contribution in [-0.2, 0) is 6.54 Å². The number of rotatable bonds is 4. The first-order chi connectivity index (χ1) is 7.65. The van der Waals surface area contributed by atoms with Gasteiger partial charge in [0.15, 0.2) is 0 Å². The summed E-state index contributed by atoms with van der Waals surface area (Å²) >= 11 is 3.11. The van der Waals surface area contributed by atoms with Crippen LogP contribution in [0, 0.1) is 6.92 Å². The quantitative estimate of drug-likeness (QED) is 0.911. The van der Waals surface area contributed by atoms with Crippen LogP contribution in [0.15, 0.2) is 6.20 Å². The zero-order valence-corrected chi connectivity index (χ0v) is 11.2. The van der Waals surface area contributed by atoms with Crippen LogP contribution in [0.2, 0.25) is 0 Å². The lowest BCUT2D eigenvalue weighted by atomic mass is 10.2. The molecule has 0 spiro atoms. The van der Waals surface area contributed by atoms with Gasteiger partial charge < -0.3 is 5.32 Å². The number of nitrogens with zero attached hydrogens (tertiary/aromatic N) is 3. The molecule has 2 rings (SSSR count). The van der Waals surface area contributed by atoms with Gasteiger partial charge in [0.05, 0.1) is 6.54 Å². The fourth-order valence-electron chi connectivity index (χ4n) is 1.18. The molecule has 0 aliphatic rings. The van der Waals surface area contributed by atoms with Gasteiger partial charge >= 0.3 is 0 Å². The van der Waals surface area contributed by atoms with Crippen molar-refractivity contribution in [3.05, 3.63) is 21.9 Å². The molecule has 1 N–H and O–H groups in total.